The van der Waals surface area contributed by atoms with Gasteiger partial charge in [0.25, 0.3) is 5.91 Å². The second-order valence-corrected chi connectivity index (χ2v) is 4.33. The third-order valence-corrected chi connectivity index (χ3v) is 2.85. The molecule has 5 nitrogen and oxygen atoms in total. The number of amides is 1. The van der Waals surface area contributed by atoms with E-state index in [2.05, 4.69) is 5.32 Å². The minimum absolute atomic E-state index is 0.170. The van der Waals surface area contributed by atoms with Gasteiger partial charge in [0.15, 0.2) is 0 Å². The molecule has 104 valence electrons. The predicted molar refractivity (Wildman–Crippen MR) is 75.5 cm³/mol. The lowest BCUT2D eigenvalue weighted by Gasteiger charge is -2.12. The summed E-state index contributed by atoms with van der Waals surface area (Å²) in [4.78, 5) is 12.1. The number of aromatic hydroxyl groups is 2. The molecule has 0 radical (unpaired) electrons. The molecule has 0 fully saturated rings. The first-order valence-electron chi connectivity index (χ1n) is 6.00. The third kappa shape index (κ3) is 2.66. The standard InChI is InChI=1S/C15H15NO4/c1-9-6-7-13(20-2)10(8-9)16-15(19)14-11(17)4-3-5-12(14)18/h3-8,17-18H,1-2H3,(H,16,19). The summed E-state index contributed by atoms with van der Waals surface area (Å²) in [5.74, 6) is -0.674. The highest BCUT2D eigenvalue weighted by atomic mass is 16.5. The second-order valence-electron chi connectivity index (χ2n) is 4.33. The van der Waals surface area contributed by atoms with E-state index in [1.54, 1.807) is 12.1 Å². The summed E-state index contributed by atoms with van der Waals surface area (Å²) < 4.78 is 5.16. The molecule has 0 bridgehead atoms. The molecular formula is C15H15NO4. The van der Waals surface area contributed by atoms with Crippen LogP contribution in [-0.4, -0.2) is 23.2 Å². The Kier molecular flexibility index (Phi) is 3.79. The zero-order valence-electron chi connectivity index (χ0n) is 11.2. The smallest absolute Gasteiger partial charge is 0.263 e. The summed E-state index contributed by atoms with van der Waals surface area (Å²) in [5, 5.41) is 22.0. The number of anilines is 1. The van der Waals surface area contributed by atoms with E-state index in [1.807, 2.05) is 13.0 Å². The number of nitrogens with one attached hydrogen (secondary N) is 1. The maximum Gasteiger partial charge on any atom is 0.263 e. The van der Waals surface area contributed by atoms with Crippen LogP contribution >= 0.6 is 0 Å². The molecule has 0 aromatic heterocycles. The number of hydrogen-bond donors (Lipinski definition) is 3. The summed E-state index contributed by atoms with van der Waals surface area (Å²) in [6.45, 7) is 1.88. The van der Waals surface area contributed by atoms with E-state index in [1.165, 1.54) is 25.3 Å². The van der Waals surface area contributed by atoms with E-state index in [9.17, 15) is 15.0 Å². The summed E-state index contributed by atoms with van der Waals surface area (Å²) >= 11 is 0. The van der Waals surface area contributed by atoms with Gasteiger partial charge in [-0.05, 0) is 36.8 Å². The predicted octanol–water partition coefficient (Wildman–Crippen LogP) is 2.67. The molecule has 0 saturated carbocycles. The van der Waals surface area contributed by atoms with Crippen molar-refractivity contribution in [1.29, 1.82) is 0 Å². The van der Waals surface area contributed by atoms with Crippen molar-refractivity contribution in [3.8, 4) is 17.2 Å². The van der Waals surface area contributed by atoms with Gasteiger partial charge in [-0.15, -0.1) is 0 Å². The van der Waals surface area contributed by atoms with E-state index in [4.69, 9.17) is 4.74 Å². The van der Waals surface area contributed by atoms with Crippen molar-refractivity contribution in [2.75, 3.05) is 12.4 Å². The second kappa shape index (κ2) is 5.52. The first-order valence-corrected chi connectivity index (χ1v) is 6.00. The lowest BCUT2D eigenvalue weighted by atomic mass is 10.1. The van der Waals surface area contributed by atoms with Crippen LogP contribution in [0.1, 0.15) is 15.9 Å². The number of rotatable bonds is 3. The first-order chi connectivity index (χ1) is 9.52. The summed E-state index contributed by atoms with van der Waals surface area (Å²) in [6, 6.07) is 9.45. The highest BCUT2D eigenvalue weighted by Crippen LogP contribution is 2.30. The molecule has 0 aliphatic rings. The molecule has 5 heteroatoms. The van der Waals surface area contributed by atoms with Gasteiger partial charge in [0.2, 0.25) is 0 Å². The summed E-state index contributed by atoms with van der Waals surface area (Å²) in [7, 11) is 1.50. The van der Waals surface area contributed by atoms with E-state index in [0.29, 0.717) is 11.4 Å². The first kappa shape index (κ1) is 13.7. The molecule has 0 saturated heterocycles. The number of carbonyl (C=O) groups excluding carboxylic acids is 1. The SMILES string of the molecule is COc1ccc(C)cc1NC(=O)c1c(O)cccc1O. The van der Waals surface area contributed by atoms with Crippen molar-refractivity contribution in [2.24, 2.45) is 0 Å². The van der Waals surface area contributed by atoms with Crippen LogP contribution in [-0.2, 0) is 0 Å². The monoisotopic (exact) mass is 273 g/mol. The number of phenols is 2. The number of ether oxygens (including phenoxy) is 1. The Bertz CT molecular complexity index is 632. The fourth-order valence-electron chi connectivity index (χ4n) is 1.87. The van der Waals surface area contributed by atoms with Crippen LogP contribution < -0.4 is 10.1 Å². The number of carbonyl (C=O) groups is 1. The summed E-state index contributed by atoms with van der Waals surface area (Å²) in [5.41, 5.74) is 1.25. The molecular weight excluding hydrogens is 258 g/mol. The fourth-order valence-corrected chi connectivity index (χ4v) is 1.87. The van der Waals surface area contributed by atoms with Crippen molar-refractivity contribution in [3.63, 3.8) is 0 Å². The van der Waals surface area contributed by atoms with Crippen LogP contribution in [0, 0.1) is 6.92 Å². The Hall–Kier alpha value is -2.69. The van der Waals surface area contributed by atoms with Crippen LogP contribution in [0.15, 0.2) is 36.4 Å². The molecule has 2 rings (SSSR count). The number of phenolic OH excluding ortho intramolecular Hbond substituents is 2. The average Bonchev–Trinajstić information content (AvgIpc) is 2.38. The van der Waals surface area contributed by atoms with Gasteiger partial charge >= 0.3 is 0 Å². The number of benzene rings is 2. The lowest BCUT2D eigenvalue weighted by molar-refractivity contribution is 0.102. The molecule has 0 heterocycles. The van der Waals surface area contributed by atoms with Gasteiger partial charge in [-0.25, -0.2) is 0 Å². The quantitative estimate of drug-likeness (QED) is 0.803. The lowest BCUT2D eigenvalue weighted by Crippen LogP contribution is -2.13. The maximum atomic E-state index is 12.1. The van der Waals surface area contributed by atoms with Crippen molar-refractivity contribution in [1.82, 2.24) is 0 Å². The van der Waals surface area contributed by atoms with E-state index in [-0.39, 0.29) is 17.1 Å². The number of hydrogen-bond acceptors (Lipinski definition) is 4. The molecule has 0 spiro atoms. The molecule has 3 N–H and O–H groups in total. The van der Waals surface area contributed by atoms with Gasteiger partial charge in [-0.1, -0.05) is 12.1 Å². The Labute approximate surface area is 116 Å². The molecule has 0 aliphatic heterocycles. The van der Waals surface area contributed by atoms with Gasteiger partial charge < -0.3 is 20.3 Å². The number of aryl methyl sites for hydroxylation is 1. The molecule has 0 aliphatic carbocycles. The zero-order chi connectivity index (χ0) is 14.7. The largest absolute Gasteiger partial charge is 0.507 e. The Morgan fingerprint density at radius 3 is 2.40 bits per heavy atom. The van der Waals surface area contributed by atoms with Gasteiger partial charge in [-0.2, -0.15) is 0 Å². The Balaban J connectivity index is 2.35. The Morgan fingerprint density at radius 1 is 1.15 bits per heavy atom. The summed E-state index contributed by atoms with van der Waals surface area (Å²) in [6.07, 6.45) is 0. The van der Waals surface area contributed by atoms with Crippen molar-refractivity contribution in [2.45, 2.75) is 6.92 Å². The molecule has 0 atom stereocenters. The normalized spacial score (nSPS) is 10.1. The highest BCUT2D eigenvalue weighted by Gasteiger charge is 2.17. The van der Waals surface area contributed by atoms with Crippen molar-refractivity contribution < 1.29 is 19.7 Å². The average molecular weight is 273 g/mol. The zero-order valence-corrected chi connectivity index (χ0v) is 11.2. The third-order valence-electron chi connectivity index (χ3n) is 2.85. The molecule has 0 unspecified atom stereocenters. The van der Waals surface area contributed by atoms with Crippen LogP contribution in [0.4, 0.5) is 5.69 Å². The minimum Gasteiger partial charge on any atom is -0.507 e. The van der Waals surface area contributed by atoms with Crippen molar-refractivity contribution in [3.05, 3.63) is 47.5 Å². The topological polar surface area (TPSA) is 78.8 Å². The van der Waals surface area contributed by atoms with Crippen LogP contribution in [0.3, 0.4) is 0 Å². The van der Waals surface area contributed by atoms with E-state index < -0.39 is 5.91 Å². The van der Waals surface area contributed by atoms with Crippen LogP contribution in [0.2, 0.25) is 0 Å². The fraction of sp³-hybridized carbons (Fsp3) is 0.133. The highest BCUT2D eigenvalue weighted by molar-refractivity contribution is 6.08. The Morgan fingerprint density at radius 2 is 1.80 bits per heavy atom. The molecule has 2 aromatic carbocycles. The van der Waals surface area contributed by atoms with Gasteiger partial charge in [-0.3, -0.25) is 4.79 Å². The maximum absolute atomic E-state index is 12.1. The molecule has 20 heavy (non-hydrogen) atoms. The van der Waals surface area contributed by atoms with Gasteiger partial charge in [0.1, 0.15) is 22.8 Å². The van der Waals surface area contributed by atoms with Gasteiger partial charge in [0, 0.05) is 0 Å². The molecule has 1 amide bonds. The van der Waals surface area contributed by atoms with Crippen LogP contribution in [0.5, 0.6) is 17.2 Å². The molecule has 2 aromatic rings. The van der Waals surface area contributed by atoms with E-state index in [0.717, 1.165) is 5.56 Å². The number of methoxy groups -OCH3 is 1. The van der Waals surface area contributed by atoms with Crippen molar-refractivity contribution >= 4 is 11.6 Å². The van der Waals surface area contributed by atoms with Gasteiger partial charge in [0.05, 0.1) is 12.8 Å². The van der Waals surface area contributed by atoms with E-state index >= 15 is 0 Å². The van der Waals surface area contributed by atoms with Crippen LogP contribution in [0.25, 0.3) is 0 Å². The minimum atomic E-state index is -0.607.